The van der Waals surface area contributed by atoms with E-state index in [0.29, 0.717) is 24.0 Å². The molecular weight excluding hydrogens is 236 g/mol. The summed E-state index contributed by atoms with van der Waals surface area (Å²) >= 11 is 0. The molecule has 0 spiro atoms. The molecule has 1 aromatic rings. The molecule has 1 heterocycles. The molecule has 0 fully saturated rings. The number of hydrogen-bond donors (Lipinski definition) is 2. The van der Waals surface area contributed by atoms with Crippen molar-refractivity contribution < 1.29 is 4.21 Å². The summed E-state index contributed by atoms with van der Waals surface area (Å²) < 4.78 is 11.3. The number of nitrogens with one attached hydrogen (secondary N) is 2. The van der Waals surface area contributed by atoms with Crippen molar-refractivity contribution in [2.45, 2.75) is 20.8 Å². The van der Waals surface area contributed by atoms with Gasteiger partial charge in [0.05, 0.1) is 0 Å². The van der Waals surface area contributed by atoms with Crippen LogP contribution < -0.4 is 10.6 Å². The second kappa shape index (κ2) is 7.21. The minimum Gasteiger partial charge on any atom is -0.369 e. The Morgan fingerprint density at radius 3 is 2.71 bits per heavy atom. The van der Waals surface area contributed by atoms with Crippen molar-refractivity contribution >= 4 is 22.6 Å². The van der Waals surface area contributed by atoms with Gasteiger partial charge in [-0.05, 0) is 13.8 Å². The molecule has 0 saturated carbocycles. The number of aryl methyl sites for hydroxylation is 1. The Bertz CT molecular complexity index is 384. The van der Waals surface area contributed by atoms with Crippen molar-refractivity contribution in [3.8, 4) is 0 Å². The fourth-order valence-electron chi connectivity index (χ4n) is 1.33. The standard InChI is InChI=1S/C11H20N4OS/c1-4-12-11-14-9(3)8-10(15-11)13-6-7-17(16)5-2/h8H,4-7H2,1-3H3,(H2,12,13,14,15). The van der Waals surface area contributed by atoms with Gasteiger partial charge in [-0.2, -0.15) is 4.98 Å². The zero-order valence-electron chi connectivity index (χ0n) is 10.6. The molecule has 0 bridgehead atoms. The maximum atomic E-state index is 11.3. The van der Waals surface area contributed by atoms with Crippen molar-refractivity contribution in [1.82, 2.24) is 9.97 Å². The van der Waals surface area contributed by atoms with E-state index in [1.54, 1.807) is 0 Å². The van der Waals surface area contributed by atoms with Gasteiger partial charge in [-0.1, -0.05) is 6.92 Å². The molecule has 2 N–H and O–H groups in total. The van der Waals surface area contributed by atoms with Gasteiger partial charge in [0.25, 0.3) is 0 Å². The Morgan fingerprint density at radius 1 is 1.29 bits per heavy atom. The Kier molecular flexibility index (Phi) is 5.90. The van der Waals surface area contributed by atoms with Crippen LogP contribution in [0, 0.1) is 6.92 Å². The van der Waals surface area contributed by atoms with Gasteiger partial charge in [-0.3, -0.25) is 4.21 Å². The lowest BCUT2D eigenvalue weighted by molar-refractivity contribution is 0.684. The van der Waals surface area contributed by atoms with E-state index in [0.717, 1.165) is 18.1 Å². The van der Waals surface area contributed by atoms with Crippen LogP contribution in [-0.4, -0.2) is 38.8 Å². The first-order chi connectivity index (χ1) is 8.15. The first-order valence-electron chi connectivity index (χ1n) is 5.84. The predicted octanol–water partition coefficient (Wildman–Crippen LogP) is 1.40. The SMILES string of the molecule is CCNc1nc(C)cc(NCCS(=O)CC)n1. The number of anilines is 2. The maximum Gasteiger partial charge on any atom is 0.224 e. The Hall–Kier alpha value is -1.17. The number of rotatable bonds is 7. The summed E-state index contributed by atoms with van der Waals surface area (Å²) in [4.78, 5) is 8.57. The van der Waals surface area contributed by atoms with Crippen LogP contribution >= 0.6 is 0 Å². The number of aromatic nitrogens is 2. The molecule has 1 unspecified atom stereocenters. The topological polar surface area (TPSA) is 66.9 Å². The average molecular weight is 256 g/mol. The summed E-state index contributed by atoms with van der Waals surface area (Å²) in [5.74, 6) is 2.76. The van der Waals surface area contributed by atoms with E-state index >= 15 is 0 Å². The smallest absolute Gasteiger partial charge is 0.224 e. The van der Waals surface area contributed by atoms with Crippen LogP contribution in [0.3, 0.4) is 0 Å². The van der Waals surface area contributed by atoms with E-state index in [-0.39, 0.29) is 0 Å². The van der Waals surface area contributed by atoms with Crippen LogP contribution in [0.1, 0.15) is 19.5 Å². The molecule has 1 aromatic heterocycles. The average Bonchev–Trinajstić information content (AvgIpc) is 2.28. The summed E-state index contributed by atoms with van der Waals surface area (Å²) in [5.41, 5.74) is 0.912. The van der Waals surface area contributed by atoms with E-state index < -0.39 is 10.8 Å². The molecule has 96 valence electrons. The van der Waals surface area contributed by atoms with Crippen molar-refractivity contribution in [3.05, 3.63) is 11.8 Å². The fraction of sp³-hybridized carbons (Fsp3) is 0.636. The molecule has 1 rings (SSSR count). The van der Waals surface area contributed by atoms with E-state index in [4.69, 9.17) is 0 Å². The molecular formula is C11H20N4OS. The molecule has 0 aliphatic rings. The first kappa shape index (κ1) is 13.9. The molecule has 0 saturated heterocycles. The zero-order valence-corrected chi connectivity index (χ0v) is 11.4. The van der Waals surface area contributed by atoms with Gasteiger partial charge < -0.3 is 10.6 Å². The number of nitrogens with zero attached hydrogens (tertiary/aromatic N) is 2. The third kappa shape index (κ3) is 5.12. The number of hydrogen-bond acceptors (Lipinski definition) is 5. The van der Waals surface area contributed by atoms with Crippen molar-refractivity contribution in [3.63, 3.8) is 0 Å². The maximum absolute atomic E-state index is 11.3. The molecule has 5 nitrogen and oxygen atoms in total. The molecule has 6 heteroatoms. The van der Waals surface area contributed by atoms with Crippen molar-refractivity contribution in [2.75, 3.05) is 35.2 Å². The van der Waals surface area contributed by atoms with Crippen molar-refractivity contribution in [2.24, 2.45) is 0 Å². The highest BCUT2D eigenvalue weighted by atomic mass is 32.2. The van der Waals surface area contributed by atoms with Crippen molar-refractivity contribution in [1.29, 1.82) is 0 Å². The van der Waals surface area contributed by atoms with Crippen LogP contribution in [-0.2, 0) is 10.8 Å². The lowest BCUT2D eigenvalue weighted by Crippen LogP contribution is -2.14. The minimum atomic E-state index is -0.736. The summed E-state index contributed by atoms with van der Waals surface area (Å²) in [6.07, 6.45) is 0. The van der Waals surface area contributed by atoms with Crippen LogP contribution in [0.15, 0.2) is 6.07 Å². The largest absolute Gasteiger partial charge is 0.369 e. The molecule has 1 atom stereocenters. The lowest BCUT2D eigenvalue weighted by atomic mass is 10.4. The van der Waals surface area contributed by atoms with Gasteiger partial charge in [0.15, 0.2) is 0 Å². The summed E-state index contributed by atoms with van der Waals surface area (Å²) in [7, 11) is -0.736. The lowest BCUT2D eigenvalue weighted by Gasteiger charge is -2.08. The third-order valence-corrected chi connectivity index (χ3v) is 3.45. The third-order valence-electron chi connectivity index (χ3n) is 2.15. The second-order valence-electron chi connectivity index (χ2n) is 3.61. The van der Waals surface area contributed by atoms with E-state index in [9.17, 15) is 4.21 Å². The van der Waals surface area contributed by atoms with E-state index in [2.05, 4.69) is 20.6 Å². The molecule has 0 aliphatic carbocycles. The zero-order chi connectivity index (χ0) is 12.7. The highest BCUT2D eigenvalue weighted by Crippen LogP contribution is 2.08. The molecule has 0 amide bonds. The van der Waals surface area contributed by atoms with Crippen LogP contribution in [0.4, 0.5) is 11.8 Å². The Morgan fingerprint density at radius 2 is 2.06 bits per heavy atom. The van der Waals surface area contributed by atoms with Gasteiger partial charge in [0, 0.05) is 47.2 Å². The summed E-state index contributed by atoms with van der Waals surface area (Å²) in [6, 6.07) is 1.88. The van der Waals surface area contributed by atoms with Crippen LogP contribution in [0.25, 0.3) is 0 Å². The van der Waals surface area contributed by atoms with E-state index in [1.165, 1.54) is 0 Å². The monoisotopic (exact) mass is 256 g/mol. The molecule has 17 heavy (non-hydrogen) atoms. The highest BCUT2D eigenvalue weighted by molar-refractivity contribution is 7.84. The van der Waals surface area contributed by atoms with Gasteiger partial charge in [-0.15, -0.1) is 0 Å². The highest BCUT2D eigenvalue weighted by Gasteiger charge is 2.01. The Balaban J connectivity index is 2.55. The quantitative estimate of drug-likeness (QED) is 0.772. The van der Waals surface area contributed by atoms with E-state index in [1.807, 2.05) is 26.8 Å². The fourth-order valence-corrected chi connectivity index (χ4v) is 1.95. The minimum absolute atomic E-state index is 0.631. The first-order valence-corrected chi connectivity index (χ1v) is 7.33. The summed E-state index contributed by atoms with van der Waals surface area (Å²) in [6.45, 7) is 7.32. The molecule has 0 aromatic carbocycles. The normalized spacial score (nSPS) is 12.2. The van der Waals surface area contributed by atoms with Gasteiger partial charge >= 0.3 is 0 Å². The van der Waals surface area contributed by atoms with Gasteiger partial charge in [-0.25, -0.2) is 4.98 Å². The Labute approximate surface area is 105 Å². The second-order valence-corrected chi connectivity index (χ2v) is 5.47. The predicted molar refractivity (Wildman–Crippen MR) is 73.0 cm³/mol. The molecule has 0 radical (unpaired) electrons. The molecule has 0 aliphatic heterocycles. The van der Waals surface area contributed by atoms with Crippen LogP contribution in [0.5, 0.6) is 0 Å². The van der Waals surface area contributed by atoms with Crippen LogP contribution in [0.2, 0.25) is 0 Å². The van der Waals surface area contributed by atoms with Gasteiger partial charge in [0.1, 0.15) is 5.82 Å². The van der Waals surface area contributed by atoms with Gasteiger partial charge in [0.2, 0.25) is 5.95 Å². The summed E-state index contributed by atoms with van der Waals surface area (Å²) in [5, 5.41) is 6.24.